The van der Waals surface area contributed by atoms with Gasteiger partial charge in [0.15, 0.2) is 0 Å². The van der Waals surface area contributed by atoms with E-state index in [0.717, 1.165) is 39.1 Å². The molecule has 0 aromatic heterocycles. The van der Waals surface area contributed by atoms with Gasteiger partial charge < -0.3 is 15.4 Å². The molecule has 1 atom stereocenters. The summed E-state index contributed by atoms with van der Waals surface area (Å²) in [7, 11) is 0. The third kappa shape index (κ3) is 2.52. The van der Waals surface area contributed by atoms with Crippen LogP contribution in [-0.2, 0) is 17.7 Å². The minimum atomic E-state index is 0.148. The van der Waals surface area contributed by atoms with Gasteiger partial charge in [-0.05, 0) is 43.4 Å². The van der Waals surface area contributed by atoms with Crippen LogP contribution in [0.1, 0.15) is 30.9 Å². The zero-order valence-corrected chi connectivity index (χ0v) is 11.1. The summed E-state index contributed by atoms with van der Waals surface area (Å²) in [6.45, 7) is 6.03. The molecule has 0 amide bonds. The molecule has 0 saturated carbocycles. The second-order valence-corrected chi connectivity index (χ2v) is 5.74. The van der Waals surface area contributed by atoms with E-state index in [2.05, 4.69) is 35.8 Å². The van der Waals surface area contributed by atoms with Crippen LogP contribution in [0.15, 0.2) is 18.2 Å². The zero-order chi connectivity index (χ0) is 12.4. The number of benzene rings is 1. The van der Waals surface area contributed by atoms with Gasteiger partial charge in [-0.2, -0.15) is 0 Å². The van der Waals surface area contributed by atoms with Gasteiger partial charge in [0.25, 0.3) is 0 Å². The van der Waals surface area contributed by atoms with Crippen molar-refractivity contribution in [2.75, 3.05) is 25.1 Å². The van der Waals surface area contributed by atoms with Gasteiger partial charge in [0.05, 0.1) is 6.61 Å². The first-order valence-electron chi connectivity index (χ1n) is 6.94. The van der Waals surface area contributed by atoms with Crippen LogP contribution in [0.5, 0.6) is 0 Å². The van der Waals surface area contributed by atoms with Crippen molar-refractivity contribution in [2.24, 2.45) is 0 Å². The molecule has 98 valence electrons. The van der Waals surface area contributed by atoms with E-state index < -0.39 is 0 Å². The Kier molecular flexibility index (Phi) is 3.27. The molecule has 0 radical (unpaired) electrons. The normalized spacial score (nSPS) is 26.7. The number of fused-ring (bicyclic) bond motifs is 1. The maximum atomic E-state index is 5.58. The van der Waals surface area contributed by atoms with Crippen LogP contribution in [0, 0.1) is 0 Å². The zero-order valence-electron chi connectivity index (χ0n) is 11.1. The van der Waals surface area contributed by atoms with Crippen molar-refractivity contribution in [3.05, 3.63) is 29.3 Å². The fourth-order valence-corrected chi connectivity index (χ4v) is 2.86. The smallest absolute Gasteiger partial charge is 0.0645 e. The summed E-state index contributed by atoms with van der Waals surface area (Å²) in [5.74, 6) is 0. The van der Waals surface area contributed by atoms with Crippen LogP contribution >= 0.6 is 0 Å². The molecule has 2 heterocycles. The van der Waals surface area contributed by atoms with E-state index in [1.807, 2.05) is 0 Å². The molecule has 1 fully saturated rings. The lowest BCUT2D eigenvalue weighted by Crippen LogP contribution is -2.48. The lowest BCUT2D eigenvalue weighted by molar-refractivity contribution is 0.0278. The third-order valence-electron chi connectivity index (χ3n) is 4.04. The van der Waals surface area contributed by atoms with Crippen LogP contribution in [0.3, 0.4) is 0 Å². The van der Waals surface area contributed by atoms with Crippen molar-refractivity contribution in [2.45, 2.75) is 38.3 Å². The van der Waals surface area contributed by atoms with Crippen LogP contribution in [-0.4, -0.2) is 25.3 Å². The Labute approximate surface area is 109 Å². The van der Waals surface area contributed by atoms with Crippen LogP contribution in [0.25, 0.3) is 0 Å². The first-order valence-corrected chi connectivity index (χ1v) is 6.94. The largest absolute Gasteiger partial charge is 0.384 e. The van der Waals surface area contributed by atoms with Crippen LogP contribution in [0.4, 0.5) is 5.69 Å². The fraction of sp³-hybridized carbons (Fsp3) is 0.600. The minimum Gasteiger partial charge on any atom is -0.384 e. The average Bonchev–Trinajstić information content (AvgIpc) is 2.85. The second-order valence-electron chi connectivity index (χ2n) is 5.74. The number of anilines is 1. The Morgan fingerprint density at radius 3 is 3.22 bits per heavy atom. The van der Waals surface area contributed by atoms with E-state index in [0.29, 0.717) is 0 Å². The van der Waals surface area contributed by atoms with Crippen molar-refractivity contribution in [3.8, 4) is 0 Å². The summed E-state index contributed by atoms with van der Waals surface area (Å²) in [6.07, 6.45) is 3.53. The monoisotopic (exact) mass is 246 g/mol. The summed E-state index contributed by atoms with van der Waals surface area (Å²) >= 11 is 0. The van der Waals surface area contributed by atoms with E-state index in [1.54, 1.807) is 0 Å². The molecule has 18 heavy (non-hydrogen) atoms. The van der Waals surface area contributed by atoms with Gasteiger partial charge in [0, 0.05) is 30.9 Å². The summed E-state index contributed by atoms with van der Waals surface area (Å²) < 4.78 is 5.58. The molecule has 2 aliphatic rings. The summed E-state index contributed by atoms with van der Waals surface area (Å²) in [5.41, 5.74) is 4.30. The lowest BCUT2D eigenvalue weighted by atomic mass is 9.94. The number of hydrogen-bond acceptors (Lipinski definition) is 3. The highest BCUT2D eigenvalue weighted by Crippen LogP contribution is 2.24. The predicted molar refractivity (Wildman–Crippen MR) is 73.9 cm³/mol. The summed E-state index contributed by atoms with van der Waals surface area (Å²) in [5, 5.41) is 7.06. The maximum absolute atomic E-state index is 5.58. The van der Waals surface area contributed by atoms with Crippen LogP contribution < -0.4 is 10.6 Å². The molecule has 2 aliphatic heterocycles. The highest BCUT2D eigenvalue weighted by Gasteiger charge is 2.26. The van der Waals surface area contributed by atoms with Gasteiger partial charge in [-0.1, -0.05) is 12.1 Å². The van der Waals surface area contributed by atoms with Gasteiger partial charge in [0.2, 0.25) is 0 Å². The van der Waals surface area contributed by atoms with Crippen LogP contribution in [0.2, 0.25) is 0 Å². The van der Waals surface area contributed by atoms with Crippen molar-refractivity contribution in [1.29, 1.82) is 0 Å². The first kappa shape index (κ1) is 12.0. The molecule has 0 bridgehead atoms. The van der Waals surface area contributed by atoms with Crippen molar-refractivity contribution in [3.63, 3.8) is 0 Å². The lowest BCUT2D eigenvalue weighted by Gasteiger charge is -2.34. The third-order valence-corrected chi connectivity index (χ3v) is 4.04. The molecule has 0 spiro atoms. The Bertz CT molecular complexity index is 425. The molecule has 2 N–H and O–H groups in total. The minimum absolute atomic E-state index is 0.148. The highest BCUT2D eigenvalue weighted by molar-refractivity contribution is 5.56. The van der Waals surface area contributed by atoms with Gasteiger partial charge in [-0.15, -0.1) is 0 Å². The quantitative estimate of drug-likeness (QED) is 0.858. The SMILES string of the molecule is CC1(NCc2ccc3c(c2)CCN3)CCCOC1. The molecular weight excluding hydrogens is 224 g/mol. The van der Waals surface area contributed by atoms with E-state index >= 15 is 0 Å². The summed E-state index contributed by atoms with van der Waals surface area (Å²) in [6, 6.07) is 6.76. The Morgan fingerprint density at radius 2 is 2.39 bits per heavy atom. The van der Waals surface area contributed by atoms with E-state index in [1.165, 1.54) is 23.2 Å². The topological polar surface area (TPSA) is 33.3 Å². The van der Waals surface area contributed by atoms with Gasteiger partial charge in [-0.3, -0.25) is 0 Å². The first-order chi connectivity index (χ1) is 8.75. The van der Waals surface area contributed by atoms with Crippen molar-refractivity contribution in [1.82, 2.24) is 5.32 Å². The van der Waals surface area contributed by atoms with E-state index in [-0.39, 0.29) is 5.54 Å². The second kappa shape index (κ2) is 4.90. The maximum Gasteiger partial charge on any atom is 0.0645 e. The molecule has 1 unspecified atom stereocenters. The predicted octanol–water partition coefficient (Wildman–Crippen LogP) is 2.31. The Balaban J connectivity index is 1.62. The number of hydrogen-bond donors (Lipinski definition) is 2. The van der Waals surface area contributed by atoms with Crippen molar-refractivity contribution >= 4 is 5.69 Å². The fourth-order valence-electron chi connectivity index (χ4n) is 2.86. The molecule has 3 rings (SSSR count). The average molecular weight is 246 g/mol. The molecule has 1 saturated heterocycles. The van der Waals surface area contributed by atoms with E-state index in [9.17, 15) is 0 Å². The molecule has 3 nitrogen and oxygen atoms in total. The van der Waals surface area contributed by atoms with E-state index in [4.69, 9.17) is 4.74 Å². The van der Waals surface area contributed by atoms with Gasteiger partial charge in [-0.25, -0.2) is 0 Å². The Morgan fingerprint density at radius 1 is 1.44 bits per heavy atom. The van der Waals surface area contributed by atoms with Crippen molar-refractivity contribution < 1.29 is 4.74 Å². The molecular formula is C15H22N2O. The number of rotatable bonds is 3. The Hall–Kier alpha value is -1.06. The number of ether oxygens (including phenoxy) is 1. The van der Waals surface area contributed by atoms with Gasteiger partial charge in [0.1, 0.15) is 0 Å². The molecule has 0 aliphatic carbocycles. The molecule has 1 aromatic rings. The summed E-state index contributed by atoms with van der Waals surface area (Å²) in [4.78, 5) is 0. The standard InChI is InChI=1S/C15H22N2O/c1-15(6-2-8-18-11-15)17-10-12-3-4-14-13(9-12)5-7-16-14/h3-4,9,16-17H,2,5-8,10-11H2,1H3. The molecule has 1 aromatic carbocycles. The highest BCUT2D eigenvalue weighted by atomic mass is 16.5. The van der Waals surface area contributed by atoms with Gasteiger partial charge >= 0.3 is 0 Å². The molecule has 3 heteroatoms. The number of nitrogens with one attached hydrogen (secondary N) is 2.